The van der Waals surface area contributed by atoms with Gasteiger partial charge in [-0.15, -0.1) is 11.3 Å². The number of ether oxygens (including phenoxy) is 1. The van der Waals surface area contributed by atoms with Crippen molar-refractivity contribution in [3.05, 3.63) is 47.3 Å². The van der Waals surface area contributed by atoms with E-state index in [1.807, 2.05) is 24.3 Å². The number of benzene rings is 1. The Labute approximate surface area is 102 Å². The highest BCUT2D eigenvalue weighted by atomic mass is 32.1. The van der Waals surface area contributed by atoms with E-state index in [1.165, 1.54) is 15.3 Å². The third kappa shape index (κ3) is 4.17. The largest absolute Gasteiger partial charge is 0.385 e. The summed E-state index contributed by atoms with van der Waals surface area (Å²) in [5.74, 6) is 0. The molecule has 0 radical (unpaired) electrons. The van der Waals surface area contributed by atoms with Gasteiger partial charge in [0, 0.05) is 23.5 Å². The average molecular weight is 234 g/mol. The summed E-state index contributed by atoms with van der Waals surface area (Å²) in [6.45, 7) is 4.91. The fourth-order valence-electron chi connectivity index (χ4n) is 1.19. The van der Waals surface area contributed by atoms with Crippen LogP contribution in [0.15, 0.2) is 42.5 Å². The zero-order chi connectivity index (χ0) is 11.8. The van der Waals surface area contributed by atoms with Gasteiger partial charge in [-0.2, -0.15) is 0 Å². The third-order valence-electron chi connectivity index (χ3n) is 2.09. The first-order valence-electron chi connectivity index (χ1n) is 5.38. The lowest BCUT2D eigenvalue weighted by Gasteiger charge is -1.93. The summed E-state index contributed by atoms with van der Waals surface area (Å²) in [4.78, 5) is 2.72. The minimum Gasteiger partial charge on any atom is -0.385 e. The molecule has 0 atom stereocenters. The lowest BCUT2D eigenvalue weighted by atomic mass is 10.2. The number of methoxy groups -OCH3 is 1. The molecule has 16 heavy (non-hydrogen) atoms. The molecule has 0 aliphatic carbocycles. The summed E-state index contributed by atoms with van der Waals surface area (Å²) in [7, 11) is 1.68. The van der Waals surface area contributed by atoms with Gasteiger partial charge in [-0.05, 0) is 31.5 Å². The van der Waals surface area contributed by atoms with E-state index < -0.39 is 0 Å². The van der Waals surface area contributed by atoms with E-state index in [9.17, 15) is 0 Å². The zero-order valence-electron chi connectivity index (χ0n) is 10.1. The maximum atomic E-state index is 4.54. The SMILES string of the molecule is CCOC.Cc1ccc(-c2ccccc2)s1. The molecule has 0 amide bonds. The number of rotatable bonds is 2. The van der Waals surface area contributed by atoms with Crippen LogP contribution in [0.1, 0.15) is 11.8 Å². The molecule has 0 spiro atoms. The average Bonchev–Trinajstić information content (AvgIpc) is 2.77. The fourth-order valence-corrected chi connectivity index (χ4v) is 2.07. The van der Waals surface area contributed by atoms with E-state index in [4.69, 9.17) is 0 Å². The van der Waals surface area contributed by atoms with Gasteiger partial charge in [0.25, 0.3) is 0 Å². The lowest BCUT2D eigenvalue weighted by molar-refractivity contribution is 0.215. The van der Waals surface area contributed by atoms with E-state index in [0.717, 1.165) is 6.61 Å². The van der Waals surface area contributed by atoms with Gasteiger partial charge in [0.05, 0.1) is 0 Å². The number of hydrogen-bond acceptors (Lipinski definition) is 2. The highest BCUT2D eigenvalue weighted by molar-refractivity contribution is 7.15. The molecule has 0 saturated heterocycles. The smallest absolute Gasteiger partial charge is 0.0433 e. The molecule has 1 heterocycles. The highest BCUT2D eigenvalue weighted by Crippen LogP contribution is 2.26. The Bertz CT molecular complexity index is 390. The molecule has 0 saturated carbocycles. The van der Waals surface area contributed by atoms with Crippen molar-refractivity contribution >= 4 is 11.3 Å². The molecule has 86 valence electrons. The van der Waals surface area contributed by atoms with Crippen LogP contribution in [0.4, 0.5) is 0 Å². The molecule has 2 rings (SSSR count). The van der Waals surface area contributed by atoms with Gasteiger partial charge in [0.1, 0.15) is 0 Å². The fraction of sp³-hybridized carbons (Fsp3) is 0.286. The monoisotopic (exact) mass is 234 g/mol. The summed E-state index contributed by atoms with van der Waals surface area (Å²) in [6, 6.07) is 14.8. The van der Waals surface area contributed by atoms with Gasteiger partial charge >= 0.3 is 0 Å². The summed E-state index contributed by atoms with van der Waals surface area (Å²) in [6.07, 6.45) is 0. The van der Waals surface area contributed by atoms with Crippen molar-refractivity contribution in [1.82, 2.24) is 0 Å². The first-order valence-corrected chi connectivity index (χ1v) is 6.20. The van der Waals surface area contributed by atoms with Crippen LogP contribution < -0.4 is 0 Å². The molecule has 1 aromatic heterocycles. The van der Waals surface area contributed by atoms with Crippen molar-refractivity contribution in [1.29, 1.82) is 0 Å². The standard InChI is InChI=1S/C11H10S.C3H8O/c1-9-7-8-11(12-9)10-5-3-2-4-6-10;1-3-4-2/h2-8H,1H3;3H2,1-2H3. The molecular formula is C14H18OS. The van der Waals surface area contributed by atoms with E-state index in [-0.39, 0.29) is 0 Å². The van der Waals surface area contributed by atoms with Crippen LogP contribution in [-0.2, 0) is 4.74 Å². The molecule has 1 aromatic carbocycles. The first kappa shape index (κ1) is 12.9. The minimum absolute atomic E-state index is 0.819. The summed E-state index contributed by atoms with van der Waals surface area (Å²) < 4.78 is 4.54. The molecule has 0 aliphatic heterocycles. The second kappa shape index (κ2) is 7.20. The molecule has 0 bridgehead atoms. The molecular weight excluding hydrogens is 216 g/mol. The maximum absolute atomic E-state index is 4.54. The van der Waals surface area contributed by atoms with Crippen LogP contribution in [0.25, 0.3) is 10.4 Å². The molecule has 2 aromatic rings. The Balaban J connectivity index is 0.000000280. The van der Waals surface area contributed by atoms with Crippen molar-refractivity contribution in [2.24, 2.45) is 0 Å². The van der Waals surface area contributed by atoms with Crippen LogP contribution in [-0.4, -0.2) is 13.7 Å². The number of aryl methyl sites for hydroxylation is 1. The zero-order valence-corrected chi connectivity index (χ0v) is 10.9. The Morgan fingerprint density at radius 2 is 1.69 bits per heavy atom. The molecule has 1 nitrogen and oxygen atoms in total. The van der Waals surface area contributed by atoms with Gasteiger partial charge in [-0.3, -0.25) is 0 Å². The predicted octanol–water partition coefficient (Wildman–Crippen LogP) is 4.38. The van der Waals surface area contributed by atoms with E-state index >= 15 is 0 Å². The van der Waals surface area contributed by atoms with E-state index in [2.05, 4.69) is 48.1 Å². The lowest BCUT2D eigenvalue weighted by Crippen LogP contribution is -1.73. The summed E-state index contributed by atoms with van der Waals surface area (Å²) in [5.41, 5.74) is 1.32. The van der Waals surface area contributed by atoms with Gasteiger partial charge in [0.15, 0.2) is 0 Å². The topological polar surface area (TPSA) is 9.23 Å². The highest BCUT2D eigenvalue weighted by Gasteiger charge is 1.97. The Hall–Kier alpha value is -1.12. The Morgan fingerprint density at radius 3 is 2.12 bits per heavy atom. The molecule has 2 heteroatoms. The van der Waals surface area contributed by atoms with Crippen LogP contribution in [0.5, 0.6) is 0 Å². The van der Waals surface area contributed by atoms with Crippen molar-refractivity contribution in [2.45, 2.75) is 13.8 Å². The van der Waals surface area contributed by atoms with Gasteiger partial charge < -0.3 is 4.74 Å². The van der Waals surface area contributed by atoms with Crippen molar-refractivity contribution < 1.29 is 4.74 Å². The maximum Gasteiger partial charge on any atom is 0.0433 e. The van der Waals surface area contributed by atoms with Crippen molar-refractivity contribution in [3.63, 3.8) is 0 Å². The van der Waals surface area contributed by atoms with Gasteiger partial charge in [0.2, 0.25) is 0 Å². The van der Waals surface area contributed by atoms with Crippen LogP contribution >= 0.6 is 11.3 Å². The number of hydrogen-bond donors (Lipinski definition) is 0. The van der Waals surface area contributed by atoms with Crippen molar-refractivity contribution in [2.75, 3.05) is 13.7 Å². The second-order valence-electron chi connectivity index (χ2n) is 3.35. The van der Waals surface area contributed by atoms with Gasteiger partial charge in [-0.25, -0.2) is 0 Å². The molecule has 0 unspecified atom stereocenters. The normalized spacial score (nSPS) is 9.44. The van der Waals surface area contributed by atoms with Crippen LogP contribution in [0.2, 0.25) is 0 Å². The second-order valence-corrected chi connectivity index (χ2v) is 4.64. The van der Waals surface area contributed by atoms with Crippen molar-refractivity contribution in [3.8, 4) is 10.4 Å². The summed E-state index contributed by atoms with van der Waals surface area (Å²) in [5, 5.41) is 0. The molecule has 0 fully saturated rings. The summed E-state index contributed by atoms with van der Waals surface area (Å²) >= 11 is 1.84. The minimum atomic E-state index is 0.819. The predicted molar refractivity (Wildman–Crippen MR) is 72.0 cm³/mol. The Morgan fingerprint density at radius 1 is 1.06 bits per heavy atom. The molecule has 0 N–H and O–H groups in total. The Kier molecular flexibility index (Phi) is 5.83. The third-order valence-corrected chi connectivity index (χ3v) is 3.14. The van der Waals surface area contributed by atoms with Crippen LogP contribution in [0.3, 0.4) is 0 Å². The van der Waals surface area contributed by atoms with E-state index in [0.29, 0.717) is 0 Å². The molecule has 0 aliphatic rings. The van der Waals surface area contributed by atoms with Crippen LogP contribution in [0, 0.1) is 6.92 Å². The first-order chi connectivity index (χ1) is 7.77. The number of thiophene rings is 1. The van der Waals surface area contributed by atoms with Gasteiger partial charge in [-0.1, -0.05) is 30.3 Å². The quantitative estimate of drug-likeness (QED) is 0.749. The van der Waals surface area contributed by atoms with E-state index in [1.54, 1.807) is 7.11 Å².